The fraction of sp³-hybridized carbons (Fsp3) is 0.917. The summed E-state index contributed by atoms with van der Waals surface area (Å²) in [4.78, 5) is 14.3. The first-order valence-electron chi connectivity index (χ1n) is 6.95. The molecule has 7 heteroatoms. The van der Waals surface area contributed by atoms with Gasteiger partial charge in [-0.15, -0.1) is 0 Å². The number of carbonyl (C=O) groups excluding carboxylic acids is 1. The van der Waals surface area contributed by atoms with E-state index in [0.717, 1.165) is 12.8 Å². The molecule has 2 bridgehead atoms. The quantitative estimate of drug-likeness (QED) is 0.724. The highest BCUT2D eigenvalue weighted by atomic mass is 32.2. The molecule has 3 rings (SSSR count). The maximum absolute atomic E-state index is 12.5. The van der Waals surface area contributed by atoms with Gasteiger partial charge < -0.3 is 10.2 Å². The Morgan fingerprint density at radius 3 is 2.32 bits per heavy atom. The van der Waals surface area contributed by atoms with Crippen LogP contribution >= 0.6 is 0 Å². The molecule has 3 heterocycles. The van der Waals surface area contributed by atoms with Crippen LogP contribution in [0.15, 0.2) is 0 Å². The first-order chi connectivity index (χ1) is 8.95. The Kier molecular flexibility index (Phi) is 3.31. The van der Waals surface area contributed by atoms with Crippen LogP contribution in [0, 0.1) is 5.92 Å². The van der Waals surface area contributed by atoms with Crippen LogP contribution < -0.4 is 5.32 Å². The summed E-state index contributed by atoms with van der Waals surface area (Å²) in [7, 11) is -3.12. The molecule has 6 nitrogen and oxygen atoms in total. The van der Waals surface area contributed by atoms with Gasteiger partial charge in [-0.1, -0.05) is 0 Å². The van der Waals surface area contributed by atoms with Crippen molar-refractivity contribution in [2.24, 2.45) is 5.92 Å². The maximum Gasteiger partial charge on any atom is 0.227 e. The van der Waals surface area contributed by atoms with Crippen LogP contribution in [0.2, 0.25) is 0 Å². The molecule has 3 fully saturated rings. The standard InChI is InChI=1S/C12H21N3O3S/c1-19(17,18)15-6-4-14(5-7-15)12(16)10-8-9-2-3-11(10)13-9/h9-11,13H,2-8H2,1H3. The zero-order chi connectivity index (χ0) is 13.6. The van der Waals surface area contributed by atoms with Crippen molar-refractivity contribution >= 4 is 15.9 Å². The number of rotatable bonds is 2. The molecular formula is C12H21N3O3S. The Balaban J connectivity index is 1.58. The minimum Gasteiger partial charge on any atom is -0.340 e. The molecular weight excluding hydrogens is 266 g/mol. The molecule has 3 atom stereocenters. The van der Waals surface area contributed by atoms with E-state index in [1.54, 1.807) is 0 Å². The van der Waals surface area contributed by atoms with Gasteiger partial charge in [0.2, 0.25) is 15.9 Å². The number of hydrogen-bond acceptors (Lipinski definition) is 4. The summed E-state index contributed by atoms with van der Waals surface area (Å²) < 4.78 is 24.3. The molecule has 19 heavy (non-hydrogen) atoms. The van der Waals surface area contributed by atoms with Gasteiger partial charge in [-0.3, -0.25) is 4.79 Å². The van der Waals surface area contributed by atoms with Crippen molar-refractivity contribution in [2.45, 2.75) is 31.3 Å². The second kappa shape index (κ2) is 4.71. The minimum absolute atomic E-state index is 0.114. The van der Waals surface area contributed by atoms with Crippen LogP contribution in [0.3, 0.4) is 0 Å². The number of carbonyl (C=O) groups is 1. The third-order valence-corrected chi connectivity index (χ3v) is 5.94. The van der Waals surface area contributed by atoms with Crippen molar-refractivity contribution in [3.8, 4) is 0 Å². The van der Waals surface area contributed by atoms with E-state index in [2.05, 4.69) is 5.32 Å². The summed E-state index contributed by atoms with van der Waals surface area (Å²) in [6, 6.07) is 0.877. The fourth-order valence-corrected chi connectivity index (χ4v) is 4.40. The fourth-order valence-electron chi connectivity index (χ4n) is 3.57. The van der Waals surface area contributed by atoms with Crippen molar-refractivity contribution in [2.75, 3.05) is 32.4 Å². The second-order valence-corrected chi connectivity index (χ2v) is 7.86. The lowest BCUT2D eigenvalue weighted by Crippen LogP contribution is -2.52. The van der Waals surface area contributed by atoms with Gasteiger partial charge in [0.1, 0.15) is 0 Å². The Hall–Kier alpha value is -0.660. The highest BCUT2D eigenvalue weighted by Gasteiger charge is 2.44. The van der Waals surface area contributed by atoms with Crippen molar-refractivity contribution in [3.63, 3.8) is 0 Å². The van der Waals surface area contributed by atoms with E-state index in [1.165, 1.54) is 17.0 Å². The van der Waals surface area contributed by atoms with Gasteiger partial charge in [0.05, 0.1) is 12.2 Å². The average Bonchev–Trinajstić information content (AvgIpc) is 2.99. The lowest BCUT2D eigenvalue weighted by Gasteiger charge is -2.35. The Morgan fingerprint density at radius 1 is 1.16 bits per heavy atom. The molecule has 0 aromatic rings. The van der Waals surface area contributed by atoms with Gasteiger partial charge in [-0.2, -0.15) is 4.31 Å². The monoisotopic (exact) mass is 287 g/mol. The van der Waals surface area contributed by atoms with Gasteiger partial charge in [0.25, 0.3) is 0 Å². The molecule has 3 aliphatic rings. The molecule has 1 amide bonds. The lowest BCUT2D eigenvalue weighted by atomic mass is 9.88. The molecule has 1 N–H and O–H groups in total. The van der Waals surface area contributed by atoms with E-state index in [9.17, 15) is 13.2 Å². The number of nitrogens with one attached hydrogen (secondary N) is 1. The zero-order valence-corrected chi connectivity index (χ0v) is 12.0. The summed E-state index contributed by atoms with van der Waals surface area (Å²) in [6.45, 7) is 1.91. The SMILES string of the molecule is CS(=O)(=O)N1CCN(C(=O)C2CC3CCC2N3)CC1. The van der Waals surface area contributed by atoms with E-state index in [4.69, 9.17) is 0 Å². The number of hydrogen-bond donors (Lipinski definition) is 1. The first kappa shape index (κ1) is 13.3. The molecule has 0 spiro atoms. The summed E-state index contributed by atoms with van der Waals surface area (Å²) in [5.74, 6) is 0.330. The van der Waals surface area contributed by atoms with Gasteiger partial charge in [0, 0.05) is 38.3 Å². The Labute approximate surface area is 114 Å². The average molecular weight is 287 g/mol. The summed E-state index contributed by atoms with van der Waals surface area (Å²) >= 11 is 0. The van der Waals surface area contributed by atoms with E-state index < -0.39 is 10.0 Å². The van der Waals surface area contributed by atoms with Crippen molar-refractivity contribution < 1.29 is 13.2 Å². The Bertz CT molecular complexity index is 471. The third kappa shape index (κ3) is 2.51. The number of fused-ring (bicyclic) bond motifs is 2. The van der Waals surface area contributed by atoms with Gasteiger partial charge in [-0.25, -0.2) is 8.42 Å². The predicted molar refractivity (Wildman–Crippen MR) is 71.0 cm³/mol. The highest BCUT2D eigenvalue weighted by molar-refractivity contribution is 7.88. The van der Waals surface area contributed by atoms with E-state index in [-0.39, 0.29) is 11.8 Å². The lowest BCUT2D eigenvalue weighted by molar-refractivity contribution is -0.137. The molecule has 0 aromatic carbocycles. The molecule has 0 radical (unpaired) electrons. The Morgan fingerprint density at radius 2 is 1.84 bits per heavy atom. The second-order valence-electron chi connectivity index (χ2n) is 5.88. The van der Waals surface area contributed by atoms with Gasteiger partial charge in [-0.05, 0) is 19.3 Å². The smallest absolute Gasteiger partial charge is 0.227 e. The molecule has 3 aliphatic heterocycles. The summed E-state index contributed by atoms with van der Waals surface area (Å²) in [5.41, 5.74) is 0. The molecule has 0 saturated carbocycles. The van der Waals surface area contributed by atoms with E-state index >= 15 is 0 Å². The largest absolute Gasteiger partial charge is 0.340 e. The topological polar surface area (TPSA) is 69.7 Å². The number of piperazine rings is 1. The molecule has 3 unspecified atom stereocenters. The van der Waals surface area contributed by atoms with E-state index in [0.29, 0.717) is 38.3 Å². The first-order valence-corrected chi connectivity index (χ1v) is 8.80. The van der Waals surface area contributed by atoms with Crippen LogP contribution in [0.4, 0.5) is 0 Å². The van der Waals surface area contributed by atoms with Crippen molar-refractivity contribution in [1.82, 2.24) is 14.5 Å². The summed E-state index contributed by atoms with van der Waals surface area (Å²) in [5, 5.41) is 3.48. The number of sulfonamides is 1. The molecule has 108 valence electrons. The van der Waals surface area contributed by atoms with Crippen molar-refractivity contribution in [3.05, 3.63) is 0 Å². The normalized spacial score (nSPS) is 35.8. The van der Waals surface area contributed by atoms with Crippen LogP contribution in [0.25, 0.3) is 0 Å². The van der Waals surface area contributed by atoms with Crippen LogP contribution in [0.5, 0.6) is 0 Å². The number of amides is 1. The maximum atomic E-state index is 12.5. The minimum atomic E-state index is -3.12. The molecule has 0 aliphatic carbocycles. The highest BCUT2D eigenvalue weighted by Crippen LogP contribution is 2.34. The molecule has 3 saturated heterocycles. The van der Waals surface area contributed by atoms with Crippen LogP contribution in [-0.2, 0) is 14.8 Å². The van der Waals surface area contributed by atoms with E-state index in [1.807, 2.05) is 4.90 Å². The van der Waals surface area contributed by atoms with Gasteiger partial charge >= 0.3 is 0 Å². The third-order valence-electron chi connectivity index (χ3n) is 4.64. The van der Waals surface area contributed by atoms with Gasteiger partial charge in [0.15, 0.2) is 0 Å². The molecule has 0 aromatic heterocycles. The number of nitrogens with zero attached hydrogens (tertiary/aromatic N) is 2. The predicted octanol–water partition coefficient (Wildman–Crippen LogP) is -0.769. The van der Waals surface area contributed by atoms with Crippen LogP contribution in [0.1, 0.15) is 19.3 Å². The summed E-state index contributed by atoms with van der Waals surface area (Å²) in [6.07, 6.45) is 4.47. The van der Waals surface area contributed by atoms with Crippen LogP contribution in [-0.4, -0.2) is 68.0 Å². The zero-order valence-electron chi connectivity index (χ0n) is 11.2. The van der Waals surface area contributed by atoms with Crippen molar-refractivity contribution in [1.29, 1.82) is 0 Å².